The summed E-state index contributed by atoms with van der Waals surface area (Å²) in [5, 5.41) is 3.31. The quantitative estimate of drug-likeness (QED) is 0.824. The second-order valence-corrected chi connectivity index (χ2v) is 7.33. The van der Waals surface area contributed by atoms with Crippen LogP contribution in [0.4, 0.5) is 15.3 Å². The zero-order valence-electron chi connectivity index (χ0n) is 14.9. The van der Waals surface area contributed by atoms with E-state index in [0.717, 1.165) is 37.2 Å². The number of ether oxygens (including phenoxy) is 1. The third kappa shape index (κ3) is 4.25. The van der Waals surface area contributed by atoms with Crippen LogP contribution in [0, 0.1) is 0 Å². The van der Waals surface area contributed by atoms with Crippen LogP contribution in [0.3, 0.4) is 0 Å². The number of nitrogens with one attached hydrogen (secondary N) is 1. The van der Waals surface area contributed by atoms with E-state index in [1.54, 1.807) is 25.7 Å². The van der Waals surface area contributed by atoms with Crippen molar-refractivity contribution in [2.75, 3.05) is 18.0 Å². The maximum Gasteiger partial charge on any atom is 0.418 e. The van der Waals surface area contributed by atoms with Crippen molar-refractivity contribution in [1.29, 1.82) is 0 Å². The van der Waals surface area contributed by atoms with Crippen molar-refractivity contribution in [2.24, 2.45) is 0 Å². The number of hydrogen-bond donors (Lipinski definition) is 1. The molecule has 2 aliphatic rings. The molecule has 138 valence electrons. The van der Waals surface area contributed by atoms with Crippen LogP contribution in [-0.2, 0) is 11.3 Å². The number of nitrogens with zero attached hydrogens (tertiary/aromatic N) is 2. The van der Waals surface area contributed by atoms with Gasteiger partial charge in [0.25, 0.3) is 0 Å². The highest BCUT2D eigenvalue weighted by Crippen LogP contribution is 2.33. The van der Waals surface area contributed by atoms with E-state index in [1.165, 1.54) is 4.90 Å². The fourth-order valence-electron chi connectivity index (χ4n) is 3.23. The molecule has 0 saturated carbocycles. The molecule has 0 atom stereocenters. The van der Waals surface area contributed by atoms with Crippen molar-refractivity contribution in [2.45, 2.75) is 51.8 Å². The SMILES string of the molecule is CC(C)(C)OC(=O)N1Cc2ccccc2N(C2CCNCC2)C1=O.Cl. The smallest absolute Gasteiger partial charge is 0.418 e. The molecule has 2 heterocycles. The number of halogens is 1. The second-order valence-electron chi connectivity index (χ2n) is 7.33. The molecule has 0 spiro atoms. The number of urea groups is 1. The normalized spacial score (nSPS) is 18.4. The molecule has 0 bridgehead atoms. The van der Waals surface area contributed by atoms with Crippen molar-refractivity contribution in [3.05, 3.63) is 29.8 Å². The Hall–Kier alpha value is -1.79. The molecule has 0 aliphatic carbocycles. The predicted octanol–water partition coefficient (Wildman–Crippen LogP) is 3.54. The Bertz CT molecular complexity index is 639. The van der Waals surface area contributed by atoms with E-state index in [-0.39, 0.29) is 31.0 Å². The molecule has 6 nitrogen and oxygen atoms in total. The first-order chi connectivity index (χ1) is 11.4. The molecule has 1 aromatic rings. The summed E-state index contributed by atoms with van der Waals surface area (Å²) in [5.74, 6) is 0. The molecule has 3 rings (SSSR count). The highest BCUT2D eigenvalue weighted by Gasteiger charge is 2.39. The summed E-state index contributed by atoms with van der Waals surface area (Å²) < 4.78 is 5.43. The van der Waals surface area contributed by atoms with Gasteiger partial charge in [-0.2, -0.15) is 0 Å². The zero-order chi connectivity index (χ0) is 17.3. The summed E-state index contributed by atoms with van der Waals surface area (Å²) >= 11 is 0. The maximum absolute atomic E-state index is 13.0. The standard InChI is InChI=1S/C18H25N3O3.ClH/c1-18(2,3)24-17(23)20-12-13-6-4-5-7-15(13)21(16(20)22)14-8-10-19-11-9-14;/h4-7,14,19H,8-12H2,1-3H3;1H. The van der Waals surface area contributed by atoms with Gasteiger partial charge in [0, 0.05) is 6.04 Å². The van der Waals surface area contributed by atoms with Gasteiger partial charge in [-0.25, -0.2) is 14.5 Å². The maximum atomic E-state index is 13.0. The monoisotopic (exact) mass is 367 g/mol. The van der Waals surface area contributed by atoms with E-state index in [0.29, 0.717) is 0 Å². The first-order valence-electron chi connectivity index (χ1n) is 8.49. The third-order valence-corrected chi connectivity index (χ3v) is 4.30. The average Bonchev–Trinajstić information content (AvgIpc) is 2.53. The molecule has 25 heavy (non-hydrogen) atoms. The van der Waals surface area contributed by atoms with Gasteiger partial charge in [0.1, 0.15) is 5.60 Å². The highest BCUT2D eigenvalue weighted by atomic mass is 35.5. The molecule has 0 unspecified atom stereocenters. The summed E-state index contributed by atoms with van der Waals surface area (Å²) in [5.41, 5.74) is 1.25. The van der Waals surface area contributed by atoms with Crippen LogP contribution < -0.4 is 10.2 Å². The summed E-state index contributed by atoms with van der Waals surface area (Å²) in [7, 11) is 0. The lowest BCUT2D eigenvalue weighted by molar-refractivity contribution is 0.0306. The number of rotatable bonds is 1. The van der Waals surface area contributed by atoms with E-state index in [4.69, 9.17) is 4.74 Å². The lowest BCUT2D eigenvalue weighted by atomic mass is 10.0. The van der Waals surface area contributed by atoms with Gasteiger partial charge in [-0.1, -0.05) is 18.2 Å². The summed E-state index contributed by atoms with van der Waals surface area (Å²) in [6.45, 7) is 7.42. The van der Waals surface area contributed by atoms with Crippen molar-refractivity contribution in [3.8, 4) is 0 Å². The van der Waals surface area contributed by atoms with E-state index in [9.17, 15) is 9.59 Å². The second kappa shape index (κ2) is 7.62. The van der Waals surface area contributed by atoms with Gasteiger partial charge in [-0.15, -0.1) is 12.4 Å². The zero-order valence-corrected chi connectivity index (χ0v) is 15.8. The number of amides is 3. The largest absolute Gasteiger partial charge is 0.443 e. The number of benzene rings is 1. The fraction of sp³-hybridized carbons (Fsp3) is 0.556. The van der Waals surface area contributed by atoms with Gasteiger partial charge in [-0.3, -0.25) is 4.90 Å². The van der Waals surface area contributed by atoms with Gasteiger partial charge in [-0.05, 0) is 58.3 Å². The Balaban J connectivity index is 0.00000225. The topological polar surface area (TPSA) is 61.9 Å². The number of carbonyl (C=O) groups is 2. The van der Waals surface area contributed by atoms with Crippen LogP contribution >= 0.6 is 12.4 Å². The van der Waals surface area contributed by atoms with Crippen molar-refractivity contribution in [1.82, 2.24) is 10.2 Å². The minimum absolute atomic E-state index is 0. The number of fused-ring (bicyclic) bond motifs is 1. The molecule has 1 aromatic carbocycles. The molecular weight excluding hydrogens is 342 g/mol. The number of hydrogen-bond acceptors (Lipinski definition) is 4. The van der Waals surface area contributed by atoms with Gasteiger partial charge in [0.2, 0.25) is 0 Å². The third-order valence-electron chi connectivity index (χ3n) is 4.30. The average molecular weight is 368 g/mol. The summed E-state index contributed by atoms with van der Waals surface area (Å²) in [6.07, 6.45) is 1.17. The van der Waals surface area contributed by atoms with E-state index in [1.807, 2.05) is 24.3 Å². The Kier molecular flexibility index (Phi) is 5.95. The lowest BCUT2D eigenvalue weighted by Crippen LogP contribution is -2.56. The van der Waals surface area contributed by atoms with Gasteiger partial charge >= 0.3 is 12.1 Å². The Labute approximate surface area is 154 Å². The van der Waals surface area contributed by atoms with Crippen molar-refractivity contribution in [3.63, 3.8) is 0 Å². The van der Waals surface area contributed by atoms with Crippen LogP contribution in [-0.4, -0.2) is 41.8 Å². The molecule has 2 aliphatic heterocycles. The first-order valence-corrected chi connectivity index (χ1v) is 8.49. The number of carbonyl (C=O) groups excluding carboxylic acids is 2. The van der Waals surface area contributed by atoms with Crippen LogP contribution in [0.2, 0.25) is 0 Å². The Morgan fingerprint density at radius 1 is 1.20 bits per heavy atom. The number of imide groups is 1. The first kappa shape index (κ1) is 19.5. The molecular formula is C18H26ClN3O3. The number of piperidine rings is 1. The highest BCUT2D eigenvalue weighted by molar-refractivity contribution is 6.03. The minimum atomic E-state index is -0.631. The molecule has 1 saturated heterocycles. The van der Waals surface area contributed by atoms with Gasteiger partial charge < -0.3 is 10.1 Å². The molecule has 1 N–H and O–H groups in total. The van der Waals surface area contributed by atoms with E-state index >= 15 is 0 Å². The molecule has 1 fully saturated rings. The Morgan fingerprint density at radius 3 is 2.48 bits per heavy atom. The van der Waals surface area contributed by atoms with Crippen molar-refractivity contribution < 1.29 is 14.3 Å². The van der Waals surface area contributed by atoms with E-state index < -0.39 is 11.7 Å². The van der Waals surface area contributed by atoms with Crippen LogP contribution in [0.25, 0.3) is 0 Å². The lowest BCUT2D eigenvalue weighted by Gasteiger charge is -2.41. The minimum Gasteiger partial charge on any atom is -0.443 e. The number of para-hydroxylation sites is 1. The Morgan fingerprint density at radius 2 is 1.84 bits per heavy atom. The van der Waals surface area contributed by atoms with Crippen molar-refractivity contribution >= 4 is 30.2 Å². The number of anilines is 1. The van der Waals surface area contributed by atoms with Crippen LogP contribution in [0.15, 0.2) is 24.3 Å². The molecule has 7 heteroatoms. The molecule has 3 amide bonds. The van der Waals surface area contributed by atoms with Crippen LogP contribution in [0.5, 0.6) is 0 Å². The van der Waals surface area contributed by atoms with Gasteiger partial charge in [0.05, 0.1) is 12.2 Å². The fourth-order valence-corrected chi connectivity index (χ4v) is 3.23. The van der Waals surface area contributed by atoms with Gasteiger partial charge in [0.15, 0.2) is 0 Å². The molecule has 0 aromatic heterocycles. The summed E-state index contributed by atoms with van der Waals surface area (Å²) in [6, 6.07) is 7.61. The predicted molar refractivity (Wildman–Crippen MR) is 99.2 cm³/mol. The summed E-state index contributed by atoms with van der Waals surface area (Å²) in [4.78, 5) is 28.6. The molecule has 0 radical (unpaired) electrons. The van der Waals surface area contributed by atoms with Crippen LogP contribution in [0.1, 0.15) is 39.2 Å². The van der Waals surface area contributed by atoms with E-state index in [2.05, 4.69) is 5.32 Å².